The lowest BCUT2D eigenvalue weighted by Crippen LogP contribution is -2.04. The average Bonchev–Trinajstić information content (AvgIpc) is 2.83. The van der Waals surface area contributed by atoms with Crippen molar-refractivity contribution in [3.8, 4) is 11.5 Å². The Hall–Kier alpha value is -1.47. The van der Waals surface area contributed by atoms with Crippen molar-refractivity contribution in [2.75, 3.05) is 12.4 Å². The van der Waals surface area contributed by atoms with Gasteiger partial charge in [-0.3, -0.25) is 4.57 Å². The third-order valence-corrected chi connectivity index (χ3v) is 3.28. The van der Waals surface area contributed by atoms with Crippen LogP contribution in [0.3, 0.4) is 0 Å². The van der Waals surface area contributed by atoms with Gasteiger partial charge in [-0.05, 0) is 6.92 Å². The fourth-order valence-electron chi connectivity index (χ4n) is 1.37. The summed E-state index contributed by atoms with van der Waals surface area (Å²) < 4.78 is 1.86. The van der Waals surface area contributed by atoms with Gasteiger partial charge in [0.05, 0.1) is 6.04 Å². The first-order valence-electron chi connectivity index (χ1n) is 4.92. The summed E-state index contributed by atoms with van der Waals surface area (Å²) in [6.07, 6.45) is 0. The van der Waals surface area contributed by atoms with E-state index in [0.717, 1.165) is 16.5 Å². The zero-order chi connectivity index (χ0) is 11.7. The highest BCUT2D eigenvalue weighted by atomic mass is 32.1. The Morgan fingerprint density at radius 2 is 2.25 bits per heavy atom. The highest BCUT2D eigenvalue weighted by Gasteiger charge is 2.14. The average molecular weight is 238 g/mol. The predicted octanol–water partition coefficient (Wildman–Crippen LogP) is 1.000. The molecule has 0 aromatic carbocycles. The number of thiazole rings is 1. The molecule has 0 spiro atoms. The van der Waals surface area contributed by atoms with Gasteiger partial charge in [0.15, 0.2) is 5.82 Å². The summed E-state index contributed by atoms with van der Waals surface area (Å²) in [6.45, 7) is 1.91. The number of nitrogens with one attached hydrogen (secondary N) is 1. The fraction of sp³-hybridized carbons (Fsp3) is 0.444. The molecule has 86 valence electrons. The van der Waals surface area contributed by atoms with Crippen molar-refractivity contribution in [3.63, 3.8) is 0 Å². The predicted molar refractivity (Wildman–Crippen MR) is 64.3 cm³/mol. The molecular weight excluding hydrogens is 224 g/mol. The summed E-state index contributed by atoms with van der Waals surface area (Å²) >= 11 is 1.54. The highest BCUT2D eigenvalue weighted by Crippen LogP contribution is 2.23. The molecule has 0 aliphatic carbocycles. The van der Waals surface area contributed by atoms with E-state index >= 15 is 0 Å². The molecule has 0 fully saturated rings. The molecule has 0 radical (unpaired) electrons. The van der Waals surface area contributed by atoms with Crippen molar-refractivity contribution in [2.24, 2.45) is 12.8 Å². The van der Waals surface area contributed by atoms with Crippen LogP contribution in [0.4, 0.5) is 5.95 Å². The standard InChI is InChI=1S/C9H14N6S/c1-5(10)8-12-6(4-16-8)7-13-14-9(11-2)15(7)3/h4-5H,10H2,1-3H3,(H,11,14). The van der Waals surface area contributed by atoms with Crippen LogP contribution in [0.1, 0.15) is 18.0 Å². The molecule has 0 saturated heterocycles. The van der Waals surface area contributed by atoms with Crippen LogP contribution in [0, 0.1) is 0 Å². The van der Waals surface area contributed by atoms with Crippen LogP contribution in [-0.4, -0.2) is 26.8 Å². The molecule has 3 N–H and O–H groups in total. The molecular formula is C9H14N6S. The summed E-state index contributed by atoms with van der Waals surface area (Å²) in [5.41, 5.74) is 6.58. The Bertz CT molecular complexity index is 486. The van der Waals surface area contributed by atoms with Gasteiger partial charge in [0.1, 0.15) is 10.7 Å². The maximum Gasteiger partial charge on any atom is 0.224 e. The first-order chi connectivity index (χ1) is 7.63. The minimum absolute atomic E-state index is 0.0456. The number of nitrogens with two attached hydrogens (primary N) is 1. The van der Waals surface area contributed by atoms with Crippen LogP contribution in [0.5, 0.6) is 0 Å². The van der Waals surface area contributed by atoms with E-state index in [1.165, 1.54) is 0 Å². The monoisotopic (exact) mass is 238 g/mol. The van der Waals surface area contributed by atoms with Gasteiger partial charge in [0.25, 0.3) is 0 Å². The Labute approximate surface area is 97.5 Å². The molecule has 0 aliphatic rings. The molecule has 2 heterocycles. The number of hydrogen-bond acceptors (Lipinski definition) is 6. The largest absolute Gasteiger partial charge is 0.357 e. The summed E-state index contributed by atoms with van der Waals surface area (Å²) in [7, 11) is 3.70. The molecule has 2 rings (SSSR count). The van der Waals surface area contributed by atoms with Crippen LogP contribution in [0.2, 0.25) is 0 Å². The van der Waals surface area contributed by atoms with Crippen LogP contribution >= 0.6 is 11.3 Å². The molecule has 7 heteroatoms. The van der Waals surface area contributed by atoms with E-state index in [1.807, 2.05) is 31.0 Å². The van der Waals surface area contributed by atoms with E-state index in [2.05, 4.69) is 20.5 Å². The summed E-state index contributed by atoms with van der Waals surface area (Å²) in [6, 6.07) is -0.0456. The molecule has 0 bridgehead atoms. The molecule has 16 heavy (non-hydrogen) atoms. The maximum atomic E-state index is 5.77. The van der Waals surface area contributed by atoms with Gasteiger partial charge in [0, 0.05) is 19.5 Å². The van der Waals surface area contributed by atoms with Crippen molar-refractivity contribution in [2.45, 2.75) is 13.0 Å². The van der Waals surface area contributed by atoms with E-state index in [9.17, 15) is 0 Å². The van der Waals surface area contributed by atoms with Gasteiger partial charge in [0.2, 0.25) is 5.95 Å². The van der Waals surface area contributed by atoms with Crippen LogP contribution in [0.25, 0.3) is 11.5 Å². The highest BCUT2D eigenvalue weighted by molar-refractivity contribution is 7.10. The second-order valence-corrected chi connectivity index (χ2v) is 4.41. The second-order valence-electron chi connectivity index (χ2n) is 3.52. The van der Waals surface area contributed by atoms with E-state index < -0.39 is 0 Å². The lowest BCUT2D eigenvalue weighted by molar-refractivity contribution is 0.805. The van der Waals surface area contributed by atoms with Gasteiger partial charge in [-0.25, -0.2) is 4.98 Å². The van der Waals surface area contributed by atoms with Crippen molar-refractivity contribution in [1.82, 2.24) is 19.7 Å². The SMILES string of the molecule is CNc1nnc(-c2csc(C(C)N)n2)n1C. The first-order valence-corrected chi connectivity index (χ1v) is 5.80. The Morgan fingerprint density at radius 1 is 1.50 bits per heavy atom. The Kier molecular flexibility index (Phi) is 2.88. The molecule has 1 atom stereocenters. The third kappa shape index (κ3) is 1.79. The molecule has 6 nitrogen and oxygen atoms in total. The van der Waals surface area contributed by atoms with Crippen LogP contribution < -0.4 is 11.1 Å². The quantitative estimate of drug-likeness (QED) is 0.833. The number of rotatable bonds is 3. The van der Waals surface area contributed by atoms with E-state index in [1.54, 1.807) is 11.3 Å². The zero-order valence-corrected chi connectivity index (χ0v) is 10.2. The number of anilines is 1. The second kappa shape index (κ2) is 4.18. The third-order valence-electron chi connectivity index (χ3n) is 2.24. The summed E-state index contributed by atoms with van der Waals surface area (Å²) in [4.78, 5) is 4.43. The molecule has 2 aromatic heterocycles. The smallest absolute Gasteiger partial charge is 0.224 e. The van der Waals surface area contributed by atoms with Crippen molar-refractivity contribution >= 4 is 17.3 Å². The lowest BCUT2D eigenvalue weighted by atomic mass is 10.4. The van der Waals surface area contributed by atoms with Crippen molar-refractivity contribution in [3.05, 3.63) is 10.4 Å². The van der Waals surface area contributed by atoms with Gasteiger partial charge in [-0.2, -0.15) is 0 Å². The molecule has 2 aromatic rings. The van der Waals surface area contributed by atoms with E-state index in [4.69, 9.17) is 5.73 Å². The van der Waals surface area contributed by atoms with Crippen molar-refractivity contribution < 1.29 is 0 Å². The topological polar surface area (TPSA) is 81.7 Å². The molecule has 0 saturated carbocycles. The number of aromatic nitrogens is 4. The molecule has 0 aliphatic heterocycles. The van der Waals surface area contributed by atoms with Gasteiger partial charge < -0.3 is 11.1 Å². The number of hydrogen-bond donors (Lipinski definition) is 2. The minimum atomic E-state index is -0.0456. The minimum Gasteiger partial charge on any atom is -0.357 e. The fourth-order valence-corrected chi connectivity index (χ4v) is 2.13. The lowest BCUT2D eigenvalue weighted by Gasteiger charge is -2.00. The zero-order valence-electron chi connectivity index (χ0n) is 9.43. The normalized spacial score (nSPS) is 12.8. The first kappa shape index (κ1) is 11.0. The Balaban J connectivity index is 2.39. The Morgan fingerprint density at radius 3 is 2.75 bits per heavy atom. The number of nitrogens with zero attached hydrogens (tertiary/aromatic N) is 4. The molecule has 1 unspecified atom stereocenters. The van der Waals surface area contributed by atoms with E-state index in [0.29, 0.717) is 5.95 Å². The van der Waals surface area contributed by atoms with Crippen LogP contribution in [-0.2, 0) is 7.05 Å². The van der Waals surface area contributed by atoms with Gasteiger partial charge >= 0.3 is 0 Å². The van der Waals surface area contributed by atoms with Crippen LogP contribution in [0.15, 0.2) is 5.38 Å². The summed E-state index contributed by atoms with van der Waals surface area (Å²) in [5.74, 6) is 1.46. The summed E-state index contributed by atoms with van der Waals surface area (Å²) in [5, 5.41) is 13.9. The van der Waals surface area contributed by atoms with Gasteiger partial charge in [-0.1, -0.05) is 0 Å². The van der Waals surface area contributed by atoms with E-state index in [-0.39, 0.29) is 6.04 Å². The van der Waals surface area contributed by atoms with Gasteiger partial charge in [-0.15, -0.1) is 21.5 Å². The maximum absolute atomic E-state index is 5.77. The molecule has 0 amide bonds. The van der Waals surface area contributed by atoms with Crippen molar-refractivity contribution in [1.29, 1.82) is 0 Å².